The van der Waals surface area contributed by atoms with Crippen molar-refractivity contribution in [2.75, 3.05) is 14.2 Å². The van der Waals surface area contributed by atoms with Gasteiger partial charge in [0.25, 0.3) is 5.91 Å². The van der Waals surface area contributed by atoms with Crippen LogP contribution < -0.4 is 5.32 Å². The molecule has 150 valence electrons. The van der Waals surface area contributed by atoms with Crippen LogP contribution in [-0.4, -0.2) is 32.1 Å². The van der Waals surface area contributed by atoms with E-state index in [0.29, 0.717) is 6.42 Å². The van der Waals surface area contributed by atoms with Gasteiger partial charge in [-0.15, -0.1) is 0 Å². The normalized spacial score (nSPS) is 13.5. The summed E-state index contributed by atoms with van der Waals surface area (Å²) in [5.74, 6) is -0.869. The molecule has 0 spiro atoms. The third-order valence-electron chi connectivity index (χ3n) is 4.64. The van der Waals surface area contributed by atoms with E-state index in [1.54, 1.807) is 0 Å². The Kier molecular flexibility index (Phi) is 7.35. The summed E-state index contributed by atoms with van der Waals surface area (Å²) in [5, 5.41) is 2.77. The SMILES string of the molecule is COC(=O)[C@@H](Cc1ccc(C(C)(C)C)cc1)NC(=O)[C@H](OC)c1ccccc1. The van der Waals surface area contributed by atoms with Gasteiger partial charge in [-0.3, -0.25) is 4.79 Å². The highest BCUT2D eigenvalue weighted by atomic mass is 16.5. The van der Waals surface area contributed by atoms with E-state index in [9.17, 15) is 9.59 Å². The Morgan fingerprint density at radius 1 is 0.964 bits per heavy atom. The molecule has 1 N–H and O–H groups in total. The Balaban J connectivity index is 2.15. The van der Waals surface area contributed by atoms with Gasteiger partial charge in [0.05, 0.1) is 7.11 Å². The molecule has 5 heteroatoms. The van der Waals surface area contributed by atoms with E-state index < -0.39 is 18.1 Å². The maximum atomic E-state index is 12.7. The van der Waals surface area contributed by atoms with E-state index in [1.165, 1.54) is 19.8 Å². The van der Waals surface area contributed by atoms with Crippen LogP contribution in [0.4, 0.5) is 0 Å². The number of nitrogens with one attached hydrogen (secondary N) is 1. The van der Waals surface area contributed by atoms with Crippen molar-refractivity contribution >= 4 is 11.9 Å². The Labute approximate surface area is 167 Å². The highest BCUT2D eigenvalue weighted by Crippen LogP contribution is 2.23. The van der Waals surface area contributed by atoms with Crippen LogP contribution in [0.5, 0.6) is 0 Å². The highest BCUT2D eigenvalue weighted by Gasteiger charge is 2.27. The summed E-state index contributed by atoms with van der Waals surface area (Å²) in [7, 11) is 2.78. The van der Waals surface area contributed by atoms with Gasteiger partial charge in [-0.25, -0.2) is 4.79 Å². The number of benzene rings is 2. The predicted molar refractivity (Wildman–Crippen MR) is 109 cm³/mol. The lowest BCUT2D eigenvalue weighted by Crippen LogP contribution is -2.45. The molecular weight excluding hydrogens is 354 g/mol. The topological polar surface area (TPSA) is 64.6 Å². The van der Waals surface area contributed by atoms with Crippen molar-refractivity contribution < 1.29 is 19.1 Å². The second-order valence-electron chi connectivity index (χ2n) is 7.76. The van der Waals surface area contributed by atoms with Gasteiger partial charge in [0.1, 0.15) is 6.04 Å². The number of hydrogen-bond acceptors (Lipinski definition) is 4. The monoisotopic (exact) mass is 383 g/mol. The van der Waals surface area contributed by atoms with E-state index in [1.807, 2.05) is 54.6 Å². The number of rotatable bonds is 7. The first-order chi connectivity index (χ1) is 13.3. The first-order valence-corrected chi connectivity index (χ1v) is 9.31. The first kappa shape index (κ1) is 21.6. The fourth-order valence-corrected chi connectivity index (χ4v) is 2.98. The van der Waals surface area contributed by atoms with E-state index in [2.05, 4.69) is 26.1 Å². The number of amides is 1. The molecule has 0 radical (unpaired) electrons. The lowest BCUT2D eigenvalue weighted by atomic mass is 9.86. The Morgan fingerprint density at radius 3 is 2.07 bits per heavy atom. The molecule has 0 saturated carbocycles. The van der Waals surface area contributed by atoms with Gasteiger partial charge in [-0.1, -0.05) is 75.4 Å². The minimum atomic E-state index is -0.795. The first-order valence-electron chi connectivity index (χ1n) is 9.31. The second kappa shape index (κ2) is 9.51. The Hall–Kier alpha value is -2.66. The zero-order valence-electron chi connectivity index (χ0n) is 17.2. The van der Waals surface area contributed by atoms with Gasteiger partial charge in [-0.05, 0) is 22.1 Å². The summed E-state index contributed by atoms with van der Waals surface area (Å²) in [6.07, 6.45) is -0.453. The number of hydrogen-bond donors (Lipinski definition) is 1. The summed E-state index contributed by atoms with van der Waals surface area (Å²) < 4.78 is 10.2. The molecule has 0 aliphatic rings. The molecule has 0 bridgehead atoms. The number of ether oxygens (including phenoxy) is 2. The van der Waals surface area contributed by atoms with Crippen molar-refractivity contribution in [3.8, 4) is 0 Å². The van der Waals surface area contributed by atoms with Crippen LogP contribution in [0.2, 0.25) is 0 Å². The van der Waals surface area contributed by atoms with Crippen LogP contribution in [0.25, 0.3) is 0 Å². The minimum absolute atomic E-state index is 0.0515. The third kappa shape index (κ3) is 5.67. The molecule has 2 rings (SSSR count). The maximum absolute atomic E-state index is 12.7. The predicted octanol–water partition coefficient (Wildman–Crippen LogP) is 3.57. The molecule has 0 fully saturated rings. The van der Waals surface area contributed by atoms with Gasteiger partial charge in [0.15, 0.2) is 6.10 Å². The molecule has 5 nitrogen and oxygen atoms in total. The van der Waals surface area contributed by atoms with Gasteiger partial charge in [0.2, 0.25) is 0 Å². The van der Waals surface area contributed by atoms with Crippen LogP contribution in [0.1, 0.15) is 43.6 Å². The molecule has 0 aromatic heterocycles. The number of carbonyl (C=O) groups excluding carboxylic acids is 2. The van der Waals surface area contributed by atoms with Crippen molar-refractivity contribution in [1.29, 1.82) is 0 Å². The largest absolute Gasteiger partial charge is 0.467 e. The van der Waals surface area contributed by atoms with Crippen LogP contribution in [0.3, 0.4) is 0 Å². The zero-order valence-corrected chi connectivity index (χ0v) is 17.2. The van der Waals surface area contributed by atoms with Crippen molar-refractivity contribution in [3.05, 3.63) is 71.3 Å². The summed E-state index contributed by atoms with van der Waals surface area (Å²) in [6, 6.07) is 16.4. The molecule has 0 aliphatic carbocycles. The minimum Gasteiger partial charge on any atom is -0.467 e. The summed E-state index contributed by atoms with van der Waals surface area (Å²) in [6.45, 7) is 6.44. The standard InChI is InChI=1S/C23H29NO4/c1-23(2,3)18-13-11-16(12-14-18)15-19(22(26)28-5)24-21(25)20(27-4)17-9-7-6-8-10-17/h6-14,19-20H,15H2,1-5H3,(H,24,25)/t19-,20-/m1/s1. The molecule has 28 heavy (non-hydrogen) atoms. The molecule has 2 aromatic carbocycles. The Bertz CT molecular complexity index is 778. The molecule has 1 amide bonds. The molecule has 2 atom stereocenters. The second-order valence-corrected chi connectivity index (χ2v) is 7.76. The van der Waals surface area contributed by atoms with Gasteiger partial charge in [0, 0.05) is 13.5 Å². The van der Waals surface area contributed by atoms with Crippen molar-refractivity contribution in [2.24, 2.45) is 0 Å². The number of carbonyl (C=O) groups is 2. The van der Waals surface area contributed by atoms with Crippen molar-refractivity contribution in [1.82, 2.24) is 5.32 Å². The Morgan fingerprint density at radius 2 is 1.57 bits per heavy atom. The molecule has 2 aromatic rings. The fourth-order valence-electron chi connectivity index (χ4n) is 2.98. The quantitative estimate of drug-likeness (QED) is 0.743. The van der Waals surface area contributed by atoms with Crippen LogP contribution in [-0.2, 0) is 30.9 Å². The lowest BCUT2D eigenvalue weighted by molar-refractivity contribution is -0.146. The lowest BCUT2D eigenvalue weighted by Gasteiger charge is -2.22. The van der Waals surface area contributed by atoms with E-state index in [4.69, 9.17) is 9.47 Å². The highest BCUT2D eigenvalue weighted by molar-refractivity contribution is 5.87. The van der Waals surface area contributed by atoms with Gasteiger partial charge in [-0.2, -0.15) is 0 Å². The number of methoxy groups -OCH3 is 2. The van der Waals surface area contributed by atoms with Crippen LogP contribution >= 0.6 is 0 Å². The van der Waals surface area contributed by atoms with Crippen molar-refractivity contribution in [2.45, 2.75) is 44.8 Å². The summed E-state index contributed by atoms with van der Waals surface area (Å²) >= 11 is 0. The molecule has 0 heterocycles. The van der Waals surface area contributed by atoms with Gasteiger partial charge < -0.3 is 14.8 Å². The molecule has 0 unspecified atom stereocenters. The molecular formula is C23H29NO4. The average molecular weight is 383 g/mol. The summed E-state index contributed by atoms with van der Waals surface area (Å²) in [5.41, 5.74) is 2.92. The third-order valence-corrected chi connectivity index (χ3v) is 4.64. The molecule has 0 aliphatic heterocycles. The zero-order chi connectivity index (χ0) is 20.7. The smallest absolute Gasteiger partial charge is 0.328 e. The van der Waals surface area contributed by atoms with E-state index in [-0.39, 0.29) is 11.3 Å². The average Bonchev–Trinajstić information content (AvgIpc) is 2.68. The molecule has 0 saturated heterocycles. The van der Waals surface area contributed by atoms with Crippen LogP contribution in [0, 0.1) is 0 Å². The van der Waals surface area contributed by atoms with E-state index >= 15 is 0 Å². The maximum Gasteiger partial charge on any atom is 0.328 e. The fraction of sp³-hybridized carbons (Fsp3) is 0.391. The summed E-state index contributed by atoms with van der Waals surface area (Å²) in [4.78, 5) is 25.0. The van der Waals surface area contributed by atoms with Gasteiger partial charge >= 0.3 is 5.97 Å². The van der Waals surface area contributed by atoms with E-state index in [0.717, 1.165) is 11.1 Å². The number of esters is 1. The van der Waals surface area contributed by atoms with Crippen molar-refractivity contribution in [3.63, 3.8) is 0 Å². The van der Waals surface area contributed by atoms with Crippen LogP contribution in [0.15, 0.2) is 54.6 Å².